The van der Waals surface area contributed by atoms with Crippen molar-refractivity contribution >= 4 is 28.2 Å². The molecule has 2 N–H and O–H groups in total. The van der Waals surface area contributed by atoms with E-state index in [2.05, 4.69) is 15.7 Å². The highest BCUT2D eigenvalue weighted by Gasteiger charge is 2.30. The molecule has 2 aromatic heterocycles. The number of rotatable bonds is 4. The van der Waals surface area contributed by atoms with E-state index >= 15 is 0 Å². The lowest BCUT2D eigenvalue weighted by Gasteiger charge is -2.13. The zero-order valence-electron chi connectivity index (χ0n) is 13.6. The fourth-order valence-corrected chi connectivity index (χ4v) is 4.42. The zero-order chi connectivity index (χ0) is 16.7. The van der Waals surface area contributed by atoms with Gasteiger partial charge in [-0.2, -0.15) is 5.10 Å². The second kappa shape index (κ2) is 6.05. The molecule has 0 atom stereocenters. The van der Waals surface area contributed by atoms with Gasteiger partial charge in [-0.1, -0.05) is 0 Å². The van der Waals surface area contributed by atoms with Crippen LogP contribution >= 0.6 is 11.3 Å². The van der Waals surface area contributed by atoms with Crippen molar-refractivity contribution in [3.05, 3.63) is 34.0 Å². The summed E-state index contributed by atoms with van der Waals surface area (Å²) in [4.78, 5) is 26.5. The number of nitrogens with zero attached hydrogens (tertiary/aromatic N) is 2. The molecule has 0 saturated heterocycles. The number of carbonyl (C=O) groups is 2. The van der Waals surface area contributed by atoms with E-state index in [9.17, 15) is 9.59 Å². The van der Waals surface area contributed by atoms with Crippen LogP contribution in [-0.4, -0.2) is 27.6 Å². The molecule has 2 aromatic rings. The van der Waals surface area contributed by atoms with Crippen LogP contribution in [0.5, 0.6) is 0 Å². The van der Waals surface area contributed by atoms with E-state index in [-0.39, 0.29) is 11.8 Å². The fraction of sp³-hybridized carbons (Fsp3) is 0.471. The first-order chi connectivity index (χ1) is 11.6. The number of fused-ring (bicyclic) bond motifs is 1. The third-order valence-corrected chi connectivity index (χ3v) is 5.80. The first-order valence-electron chi connectivity index (χ1n) is 8.38. The Morgan fingerprint density at radius 3 is 2.75 bits per heavy atom. The molecule has 126 valence electrons. The summed E-state index contributed by atoms with van der Waals surface area (Å²) in [5.41, 5.74) is 2.29. The molecule has 24 heavy (non-hydrogen) atoms. The van der Waals surface area contributed by atoms with Crippen LogP contribution in [-0.2, 0) is 19.9 Å². The van der Waals surface area contributed by atoms with Crippen molar-refractivity contribution in [2.75, 3.05) is 5.32 Å². The van der Waals surface area contributed by atoms with Gasteiger partial charge in [0.05, 0.1) is 5.56 Å². The third kappa shape index (κ3) is 2.84. The summed E-state index contributed by atoms with van der Waals surface area (Å²) in [6.07, 6.45) is 7.85. The molecule has 0 bridgehead atoms. The average Bonchev–Trinajstić information content (AvgIpc) is 3.14. The lowest BCUT2D eigenvalue weighted by atomic mass is 9.95. The van der Waals surface area contributed by atoms with Gasteiger partial charge in [0.25, 0.3) is 11.8 Å². The summed E-state index contributed by atoms with van der Waals surface area (Å²) < 4.78 is 1.53. The van der Waals surface area contributed by atoms with E-state index in [0.29, 0.717) is 22.3 Å². The van der Waals surface area contributed by atoms with Crippen LogP contribution in [0, 0.1) is 0 Å². The highest BCUT2D eigenvalue weighted by atomic mass is 32.1. The van der Waals surface area contributed by atoms with Crippen LogP contribution in [0.1, 0.15) is 57.0 Å². The predicted molar refractivity (Wildman–Crippen MR) is 92.6 cm³/mol. The molecule has 1 fully saturated rings. The summed E-state index contributed by atoms with van der Waals surface area (Å²) in [6, 6.07) is 1.98. The number of amides is 2. The number of thiophene rings is 1. The second-order valence-corrected chi connectivity index (χ2v) is 7.56. The number of hydrogen-bond donors (Lipinski definition) is 2. The van der Waals surface area contributed by atoms with Gasteiger partial charge in [0, 0.05) is 24.2 Å². The van der Waals surface area contributed by atoms with Gasteiger partial charge < -0.3 is 10.6 Å². The van der Waals surface area contributed by atoms with Crippen molar-refractivity contribution in [3.8, 4) is 0 Å². The predicted octanol–water partition coefficient (Wildman–Crippen LogP) is 2.50. The Morgan fingerprint density at radius 1 is 1.25 bits per heavy atom. The maximum Gasteiger partial charge on any atom is 0.274 e. The Morgan fingerprint density at radius 2 is 2.04 bits per heavy atom. The van der Waals surface area contributed by atoms with E-state index in [1.165, 1.54) is 9.56 Å². The van der Waals surface area contributed by atoms with E-state index in [0.717, 1.165) is 44.1 Å². The molecule has 6 nitrogen and oxygen atoms in total. The molecule has 0 aromatic carbocycles. The van der Waals surface area contributed by atoms with Crippen LogP contribution in [0.15, 0.2) is 12.3 Å². The second-order valence-electron chi connectivity index (χ2n) is 6.46. The molecule has 1 saturated carbocycles. The van der Waals surface area contributed by atoms with E-state index in [1.807, 2.05) is 0 Å². The third-order valence-electron chi connectivity index (χ3n) is 4.59. The summed E-state index contributed by atoms with van der Waals surface area (Å²) >= 11 is 1.55. The molecule has 0 radical (unpaired) electrons. The summed E-state index contributed by atoms with van der Waals surface area (Å²) in [7, 11) is 1.73. The summed E-state index contributed by atoms with van der Waals surface area (Å²) in [5.74, 6) is -0.272. The van der Waals surface area contributed by atoms with Crippen LogP contribution in [0.4, 0.5) is 5.00 Å². The number of aryl methyl sites for hydroxylation is 2. The van der Waals surface area contributed by atoms with Gasteiger partial charge in [0.15, 0.2) is 0 Å². The first kappa shape index (κ1) is 15.4. The minimum Gasteiger partial charge on any atom is -0.349 e. The maximum absolute atomic E-state index is 12.7. The van der Waals surface area contributed by atoms with Gasteiger partial charge in [-0.05, 0) is 50.2 Å². The number of hydrogen-bond acceptors (Lipinski definition) is 4. The molecule has 0 aliphatic heterocycles. The fourth-order valence-electron chi connectivity index (χ4n) is 3.14. The van der Waals surface area contributed by atoms with Crippen molar-refractivity contribution in [1.29, 1.82) is 0 Å². The molecular formula is C17H20N4O2S. The lowest BCUT2D eigenvalue weighted by Crippen LogP contribution is -2.27. The molecule has 2 heterocycles. The normalized spacial score (nSPS) is 16.5. The Balaban J connectivity index is 1.66. The Kier molecular flexibility index (Phi) is 3.88. The SMILES string of the molecule is Cn1nccc1C(=O)Nc1sc2c(c1C(=O)NC1CC1)CCCC2. The number of carbonyl (C=O) groups excluding carboxylic acids is 2. The maximum atomic E-state index is 12.7. The Hall–Kier alpha value is -2.15. The monoisotopic (exact) mass is 344 g/mol. The molecule has 2 aliphatic rings. The van der Waals surface area contributed by atoms with Crippen molar-refractivity contribution in [2.45, 2.75) is 44.6 Å². The van der Waals surface area contributed by atoms with Crippen molar-refractivity contribution in [3.63, 3.8) is 0 Å². The molecule has 2 aliphatic carbocycles. The zero-order valence-corrected chi connectivity index (χ0v) is 14.4. The molecule has 0 unspecified atom stereocenters. The number of nitrogens with one attached hydrogen (secondary N) is 2. The molecule has 7 heteroatoms. The average molecular weight is 344 g/mol. The van der Waals surface area contributed by atoms with Crippen molar-refractivity contribution in [1.82, 2.24) is 15.1 Å². The summed E-state index contributed by atoms with van der Waals surface area (Å²) in [5, 5.41) is 10.7. The quantitative estimate of drug-likeness (QED) is 0.895. The van der Waals surface area contributed by atoms with E-state index in [4.69, 9.17) is 0 Å². The number of anilines is 1. The molecule has 4 rings (SSSR count). The first-order valence-corrected chi connectivity index (χ1v) is 9.20. The smallest absolute Gasteiger partial charge is 0.274 e. The van der Waals surface area contributed by atoms with Gasteiger partial charge in [-0.15, -0.1) is 11.3 Å². The van der Waals surface area contributed by atoms with Crippen LogP contribution < -0.4 is 10.6 Å². The summed E-state index contributed by atoms with van der Waals surface area (Å²) in [6.45, 7) is 0. The standard InChI is InChI=1S/C17H20N4O2S/c1-21-12(8-9-18-21)15(22)20-17-14(16(23)19-10-6-7-10)11-4-2-3-5-13(11)24-17/h8-10H,2-7H2,1H3,(H,19,23)(H,20,22). The topological polar surface area (TPSA) is 76.0 Å². The van der Waals surface area contributed by atoms with Gasteiger partial charge in [-0.3, -0.25) is 14.3 Å². The van der Waals surface area contributed by atoms with Gasteiger partial charge >= 0.3 is 0 Å². The van der Waals surface area contributed by atoms with Gasteiger partial charge in [0.1, 0.15) is 10.7 Å². The van der Waals surface area contributed by atoms with Gasteiger partial charge in [0.2, 0.25) is 0 Å². The molecule has 0 spiro atoms. The highest BCUT2D eigenvalue weighted by molar-refractivity contribution is 7.17. The van der Waals surface area contributed by atoms with Crippen molar-refractivity contribution < 1.29 is 9.59 Å². The van der Waals surface area contributed by atoms with Crippen LogP contribution in [0.3, 0.4) is 0 Å². The Labute approximate surface area is 144 Å². The van der Waals surface area contributed by atoms with E-state index in [1.54, 1.807) is 30.6 Å². The van der Waals surface area contributed by atoms with Gasteiger partial charge in [-0.25, -0.2) is 0 Å². The van der Waals surface area contributed by atoms with Crippen LogP contribution in [0.2, 0.25) is 0 Å². The minimum absolute atomic E-state index is 0.0443. The molecular weight excluding hydrogens is 324 g/mol. The minimum atomic E-state index is -0.228. The highest BCUT2D eigenvalue weighted by Crippen LogP contribution is 2.38. The Bertz CT molecular complexity index is 804. The number of aromatic nitrogens is 2. The van der Waals surface area contributed by atoms with E-state index < -0.39 is 0 Å². The molecule has 2 amide bonds. The largest absolute Gasteiger partial charge is 0.349 e. The van der Waals surface area contributed by atoms with Crippen LogP contribution in [0.25, 0.3) is 0 Å². The lowest BCUT2D eigenvalue weighted by molar-refractivity contribution is 0.0951. The van der Waals surface area contributed by atoms with Crippen molar-refractivity contribution in [2.24, 2.45) is 7.05 Å².